The lowest BCUT2D eigenvalue weighted by molar-refractivity contribution is 0.0521. The zero-order valence-electron chi connectivity index (χ0n) is 20.4. The molecule has 1 saturated heterocycles. The maximum absolute atomic E-state index is 12.8. The molecule has 1 aromatic carbocycles. The number of amides is 2. The first-order chi connectivity index (χ1) is 15.3. The zero-order valence-corrected chi connectivity index (χ0v) is 21.2. The van der Waals surface area contributed by atoms with Gasteiger partial charge in [0.05, 0.1) is 15.7 Å². The third kappa shape index (κ3) is 7.17. The molecule has 1 aromatic rings. The predicted molar refractivity (Wildman–Crippen MR) is 128 cm³/mol. The van der Waals surface area contributed by atoms with Gasteiger partial charge in [-0.1, -0.05) is 30.3 Å². The fourth-order valence-corrected chi connectivity index (χ4v) is 5.08. The molecule has 1 aliphatic heterocycles. The van der Waals surface area contributed by atoms with Gasteiger partial charge < -0.3 is 19.7 Å². The van der Waals surface area contributed by atoms with Crippen molar-refractivity contribution in [1.29, 1.82) is 0 Å². The molecule has 2 amide bonds. The van der Waals surface area contributed by atoms with E-state index in [-0.39, 0.29) is 24.7 Å². The van der Waals surface area contributed by atoms with Gasteiger partial charge in [0.1, 0.15) is 12.2 Å². The van der Waals surface area contributed by atoms with E-state index in [0.717, 1.165) is 5.56 Å². The molecule has 1 saturated carbocycles. The Labute approximate surface area is 199 Å². The predicted octanol–water partition coefficient (Wildman–Crippen LogP) is 3.45. The van der Waals surface area contributed by atoms with Crippen molar-refractivity contribution in [3.63, 3.8) is 0 Å². The van der Waals surface area contributed by atoms with E-state index in [1.54, 1.807) is 4.90 Å². The Morgan fingerprint density at radius 1 is 1.09 bits per heavy atom. The lowest BCUT2D eigenvalue weighted by Gasteiger charge is -2.28. The van der Waals surface area contributed by atoms with Crippen molar-refractivity contribution >= 4 is 23.2 Å². The fraction of sp³-hybridized carbons (Fsp3) is 0.667. The minimum atomic E-state index is -1.28. The van der Waals surface area contributed by atoms with Crippen molar-refractivity contribution in [2.45, 2.75) is 64.5 Å². The van der Waals surface area contributed by atoms with E-state index in [0.29, 0.717) is 31.5 Å². The standard InChI is InChI=1S/C24H37N3O5S/c1-23(2,3)32-21(28)25-12-19(26-33(30)24(4,5)6)20-17-13-27(14-18(17)20)22(29)31-15-16-10-8-7-9-11-16/h7-11,17-20,26H,12-15H2,1-6H3,(H,25,28)/t17-,18+,19?,20?,33?. The van der Waals surface area contributed by atoms with Crippen LogP contribution < -0.4 is 10.0 Å². The van der Waals surface area contributed by atoms with Crippen LogP contribution in [0.5, 0.6) is 0 Å². The number of carbonyl (C=O) groups excluding carboxylic acids is 2. The summed E-state index contributed by atoms with van der Waals surface area (Å²) in [6.07, 6.45) is -0.799. The van der Waals surface area contributed by atoms with Gasteiger partial charge in [0, 0.05) is 25.7 Å². The summed E-state index contributed by atoms with van der Waals surface area (Å²) < 4.78 is 26.4. The van der Waals surface area contributed by atoms with E-state index in [2.05, 4.69) is 10.0 Å². The van der Waals surface area contributed by atoms with Gasteiger partial charge in [-0.2, -0.15) is 0 Å². The fourth-order valence-electron chi connectivity index (χ4n) is 4.21. The van der Waals surface area contributed by atoms with Crippen LogP contribution in [0.4, 0.5) is 9.59 Å². The van der Waals surface area contributed by atoms with Crippen LogP contribution in [0.15, 0.2) is 30.3 Å². The molecule has 2 aliphatic rings. The maximum atomic E-state index is 12.8. The highest BCUT2D eigenvalue weighted by molar-refractivity contribution is 7.84. The molecule has 3 rings (SSSR count). The molecule has 3 unspecified atom stereocenters. The van der Waals surface area contributed by atoms with Crippen molar-refractivity contribution in [2.24, 2.45) is 17.8 Å². The van der Waals surface area contributed by atoms with Crippen molar-refractivity contribution in [3.8, 4) is 0 Å². The molecule has 2 N–H and O–H groups in total. The summed E-state index contributed by atoms with van der Waals surface area (Å²) in [5.41, 5.74) is 0.369. The van der Waals surface area contributed by atoms with Crippen LogP contribution >= 0.6 is 0 Å². The summed E-state index contributed by atoms with van der Waals surface area (Å²) in [7, 11) is -1.28. The number of carbonyl (C=O) groups is 2. The zero-order chi connectivity index (χ0) is 24.4. The number of benzene rings is 1. The molecule has 0 aromatic heterocycles. The molecule has 0 radical (unpaired) electrons. The molecule has 2 fully saturated rings. The summed E-state index contributed by atoms with van der Waals surface area (Å²) in [6.45, 7) is 12.9. The largest absolute Gasteiger partial charge is 0.445 e. The Bertz CT molecular complexity index is 853. The van der Waals surface area contributed by atoms with E-state index in [4.69, 9.17) is 9.47 Å². The molecule has 0 spiro atoms. The molecular weight excluding hydrogens is 442 g/mol. The lowest BCUT2D eigenvalue weighted by Crippen LogP contribution is -2.49. The van der Waals surface area contributed by atoms with Gasteiger partial charge in [0.15, 0.2) is 0 Å². The quantitative estimate of drug-likeness (QED) is 0.624. The maximum Gasteiger partial charge on any atom is 0.410 e. The summed E-state index contributed by atoms with van der Waals surface area (Å²) >= 11 is 0. The van der Waals surface area contributed by atoms with Crippen molar-refractivity contribution in [1.82, 2.24) is 14.9 Å². The number of piperidine rings is 1. The molecule has 9 heteroatoms. The molecule has 8 nitrogen and oxygen atoms in total. The highest BCUT2D eigenvalue weighted by Crippen LogP contribution is 2.53. The highest BCUT2D eigenvalue weighted by atomic mass is 32.2. The number of nitrogens with one attached hydrogen (secondary N) is 2. The van der Waals surface area contributed by atoms with E-state index >= 15 is 0 Å². The van der Waals surface area contributed by atoms with Gasteiger partial charge in [-0.05, 0) is 64.9 Å². The van der Waals surface area contributed by atoms with Crippen molar-refractivity contribution in [3.05, 3.63) is 35.9 Å². The second-order valence-electron chi connectivity index (χ2n) is 10.8. The van der Waals surface area contributed by atoms with Gasteiger partial charge in [0.25, 0.3) is 0 Å². The van der Waals surface area contributed by atoms with Crippen LogP contribution in [0.2, 0.25) is 0 Å². The van der Waals surface area contributed by atoms with Gasteiger partial charge in [-0.3, -0.25) is 0 Å². The average molecular weight is 480 g/mol. The molecule has 33 heavy (non-hydrogen) atoms. The number of alkyl carbamates (subject to hydrolysis) is 1. The number of fused-ring (bicyclic) bond motifs is 1. The monoisotopic (exact) mass is 479 g/mol. The highest BCUT2D eigenvalue weighted by Gasteiger charge is 2.60. The van der Waals surface area contributed by atoms with Crippen molar-refractivity contribution in [2.75, 3.05) is 19.6 Å². The van der Waals surface area contributed by atoms with Gasteiger partial charge in [0.2, 0.25) is 0 Å². The molecule has 1 heterocycles. The van der Waals surface area contributed by atoms with E-state index in [1.165, 1.54) is 0 Å². The van der Waals surface area contributed by atoms with E-state index in [1.807, 2.05) is 71.9 Å². The second kappa shape index (κ2) is 10.0. The summed E-state index contributed by atoms with van der Waals surface area (Å²) in [6, 6.07) is 9.43. The Morgan fingerprint density at radius 3 is 2.24 bits per heavy atom. The third-order valence-electron chi connectivity index (χ3n) is 5.87. The number of ether oxygens (including phenoxy) is 2. The minimum Gasteiger partial charge on any atom is -0.445 e. The molecule has 1 aliphatic carbocycles. The Balaban J connectivity index is 1.54. The number of hydrogen-bond donors (Lipinski definition) is 2. The normalized spacial score (nSPS) is 23.9. The summed E-state index contributed by atoms with van der Waals surface area (Å²) in [5, 5.41) is 2.82. The molecule has 184 valence electrons. The van der Waals surface area contributed by atoms with Crippen molar-refractivity contribution < 1.29 is 23.3 Å². The van der Waals surface area contributed by atoms with Gasteiger partial charge >= 0.3 is 12.2 Å². The SMILES string of the molecule is CC(C)(C)OC(=O)NCC(NS(=O)C(C)(C)C)C1[C@H]2CN(C(=O)OCc3ccccc3)C[C@@H]12. The van der Waals surface area contributed by atoms with Crippen LogP contribution in [-0.4, -0.2) is 57.3 Å². The Kier molecular flexibility index (Phi) is 7.73. The lowest BCUT2D eigenvalue weighted by atomic mass is 10.1. The van der Waals surface area contributed by atoms with Gasteiger partial charge in [-0.15, -0.1) is 0 Å². The van der Waals surface area contributed by atoms with Crippen LogP contribution in [-0.2, 0) is 27.1 Å². The van der Waals surface area contributed by atoms with Gasteiger partial charge in [-0.25, -0.2) is 18.5 Å². The topological polar surface area (TPSA) is 97.0 Å². The second-order valence-corrected chi connectivity index (χ2v) is 12.8. The first-order valence-corrected chi connectivity index (χ1v) is 12.6. The molecular formula is C24H37N3O5S. The third-order valence-corrected chi connectivity index (χ3v) is 7.50. The van der Waals surface area contributed by atoms with E-state index < -0.39 is 27.4 Å². The number of hydrogen-bond acceptors (Lipinski definition) is 5. The Hall–Kier alpha value is -2.13. The van der Waals surface area contributed by atoms with Crippen LogP contribution in [0.25, 0.3) is 0 Å². The first kappa shape index (κ1) is 25.5. The summed E-state index contributed by atoms with van der Waals surface area (Å²) in [5.74, 6) is 0.817. The summed E-state index contributed by atoms with van der Waals surface area (Å²) in [4.78, 5) is 26.4. The van der Waals surface area contributed by atoms with Crippen LogP contribution in [0, 0.1) is 17.8 Å². The molecule has 0 bridgehead atoms. The van der Waals surface area contributed by atoms with E-state index in [9.17, 15) is 13.8 Å². The van der Waals surface area contributed by atoms with Crippen LogP contribution in [0.1, 0.15) is 47.1 Å². The Morgan fingerprint density at radius 2 is 1.70 bits per heavy atom. The molecule has 5 atom stereocenters. The smallest absolute Gasteiger partial charge is 0.410 e. The average Bonchev–Trinajstić information content (AvgIpc) is 3.19. The number of nitrogens with zero attached hydrogens (tertiary/aromatic N) is 1. The first-order valence-electron chi connectivity index (χ1n) is 11.5. The number of likely N-dealkylation sites (tertiary alicyclic amines) is 1. The minimum absolute atomic E-state index is 0.171. The number of rotatable bonds is 7. The van der Waals surface area contributed by atoms with Crippen LogP contribution in [0.3, 0.4) is 0 Å².